The van der Waals surface area contributed by atoms with Crippen LogP contribution in [0.3, 0.4) is 0 Å². The highest BCUT2D eigenvalue weighted by atomic mass is 79.9. The fraction of sp³-hybridized carbons (Fsp3) is 0.238. The van der Waals surface area contributed by atoms with E-state index in [0.29, 0.717) is 0 Å². The molecule has 0 saturated carbocycles. The molecule has 2 aromatic carbocycles. The minimum Gasteiger partial charge on any atom is -0.324 e. The summed E-state index contributed by atoms with van der Waals surface area (Å²) in [5.74, 6) is 0.227. The van der Waals surface area contributed by atoms with E-state index in [9.17, 15) is 4.79 Å². The molecule has 154 valence electrons. The number of amides is 1. The summed E-state index contributed by atoms with van der Waals surface area (Å²) in [6.45, 7) is 0. The van der Waals surface area contributed by atoms with Crippen molar-refractivity contribution in [2.24, 2.45) is 5.10 Å². The molecule has 0 spiro atoms. The molecule has 3 heterocycles. The minimum atomic E-state index is -0.0626. The molecule has 0 bridgehead atoms. The quantitative estimate of drug-likeness (QED) is 0.617. The molecule has 3 atom stereocenters. The van der Waals surface area contributed by atoms with Crippen LogP contribution < -0.4 is 16.2 Å². The van der Waals surface area contributed by atoms with Crippen LogP contribution in [0.2, 0.25) is 0 Å². The predicted molar refractivity (Wildman–Crippen MR) is 123 cm³/mol. The van der Waals surface area contributed by atoms with Gasteiger partial charge in [0, 0.05) is 16.9 Å². The van der Waals surface area contributed by atoms with Gasteiger partial charge in [-0.25, -0.2) is 5.43 Å². The number of anilines is 1. The fourth-order valence-corrected chi connectivity index (χ4v) is 5.09. The SMILES string of the molecule is O=C(CSC1=NNC2C3CC(c4ccccc4)NN3C=CN12)Nc1ccccc1Br. The Labute approximate surface area is 187 Å². The van der Waals surface area contributed by atoms with Gasteiger partial charge in [0.2, 0.25) is 5.91 Å². The second kappa shape index (κ2) is 8.33. The molecule has 7 nitrogen and oxygen atoms in total. The average molecular weight is 485 g/mol. The number of nitrogens with one attached hydrogen (secondary N) is 3. The summed E-state index contributed by atoms with van der Waals surface area (Å²) < 4.78 is 0.865. The van der Waals surface area contributed by atoms with Crippen LogP contribution in [0.1, 0.15) is 18.0 Å². The van der Waals surface area contributed by atoms with Gasteiger partial charge in [0.1, 0.15) is 6.17 Å². The van der Waals surface area contributed by atoms with Crippen molar-refractivity contribution in [3.63, 3.8) is 0 Å². The van der Waals surface area contributed by atoms with Crippen LogP contribution in [0.4, 0.5) is 5.69 Å². The largest absolute Gasteiger partial charge is 0.324 e. The number of hydrazine groups is 1. The summed E-state index contributed by atoms with van der Waals surface area (Å²) in [6.07, 6.45) is 5.08. The van der Waals surface area contributed by atoms with E-state index < -0.39 is 0 Å². The maximum absolute atomic E-state index is 12.4. The van der Waals surface area contributed by atoms with E-state index in [0.717, 1.165) is 21.7 Å². The number of hydrazone groups is 1. The van der Waals surface area contributed by atoms with Crippen LogP contribution >= 0.6 is 27.7 Å². The molecule has 0 radical (unpaired) electrons. The molecule has 3 unspecified atom stereocenters. The van der Waals surface area contributed by atoms with E-state index in [-0.39, 0.29) is 29.9 Å². The van der Waals surface area contributed by atoms with E-state index in [1.54, 1.807) is 0 Å². The Morgan fingerprint density at radius 3 is 2.80 bits per heavy atom. The number of nitrogens with zero attached hydrogens (tertiary/aromatic N) is 3. The van der Waals surface area contributed by atoms with Gasteiger partial charge in [0.25, 0.3) is 0 Å². The van der Waals surface area contributed by atoms with Crippen molar-refractivity contribution in [1.29, 1.82) is 0 Å². The van der Waals surface area contributed by atoms with E-state index in [2.05, 4.69) is 71.4 Å². The smallest absolute Gasteiger partial charge is 0.234 e. The lowest BCUT2D eigenvalue weighted by molar-refractivity contribution is -0.113. The number of rotatable bonds is 4. The first-order valence-electron chi connectivity index (χ1n) is 9.75. The predicted octanol–water partition coefficient (Wildman–Crippen LogP) is 3.43. The zero-order chi connectivity index (χ0) is 20.5. The number of amidine groups is 1. The zero-order valence-corrected chi connectivity index (χ0v) is 18.4. The molecule has 0 aliphatic carbocycles. The molecule has 3 aliphatic heterocycles. The molecule has 5 rings (SSSR count). The van der Waals surface area contributed by atoms with Crippen LogP contribution in [0.15, 0.2) is 76.6 Å². The number of hydrogen-bond acceptors (Lipinski definition) is 7. The normalized spacial score (nSPS) is 24.2. The summed E-state index contributed by atoms with van der Waals surface area (Å²) in [6, 6.07) is 18.6. The maximum Gasteiger partial charge on any atom is 0.234 e. The summed E-state index contributed by atoms with van der Waals surface area (Å²) in [7, 11) is 0. The molecule has 9 heteroatoms. The highest BCUT2D eigenvalue weighted by molar-refractivity contribution is 9.10. The van der Waals surface area contributed by atoms with Gasteiger partial charge in [-0.05, 0) is 40.0 Å². The molecular weight excluding hydrogens is 464 g/mol. The average Bonchev–Trinajstić information content (AvgIpc) is 3.38. The van der Waals surface area contributed by atoms with Crippen LogP contribution in [0.25, 0.3) is 0 Å². The Hall–Kier alpha value is -2.49. The van der Waals surface area contributed by atoms with Crippen molar-refractivity contribution in [2.75, 3.05) is 11.1 Å². The summed E-state index contributed by atoms with van der Waals surface area (Å²) in [5, 5.41) is 10.4. The maximum atomic E-state index is 12.4. The van der Waals surface area contributed by atoms with E-state index in [4.69, 9.17) is 0 Å². The summed E-state index contributed by atoms with van der Waals surface area (Å²) >= 11 is 4.88. The van der Waals surface area contributed by atoms with Gasteiger partial charge in [-0.15, -0.1) is 0 Å². The summed E-state index contributed by atoms with van der Waals surface area (Å²) in [5.41, 5.74) is 8.88. The summed E-state index contributed by atoms with van der Waals surface area (Å²) in [4.78, 5) is 14.5. The molecule has 3 N–H and O–H groups in total. The number of hydrogen-bond donors (Lipinski definition) is 3. The van der Waals surface area contributed by atoms with Crippen LogP contribution in [-0.4, -0.2) is 38.9 Å². The number of carbonyl (C=O) groups excluding carboxylic acids is 1. The number of halogens is 1. The fourth-order valence-electron chi connectivity index (χ4n) is 3.93. The van der Waals surface area contributed by atoms with Crippen LogP contribution in [0.5, 0.6) is 0 Å². The lowest BCUT2D eigenvalue weighted by atomic mass is 10.00. The monoisotopic (exact) mass is 484 g/mol. The van der Waals surface area contributed by atoms with E-state index in [1.807, 2.05) is 42.7 Å². The van der Waals surface area contributed by atoms with Gasteiger partial charge >= 0.3 is 0 Å². The van der Waals surface area contributed by atoms with Crippen LogP contribution in [-0.2, 0) is 4.79 Å². The van der Waals surface area contributed by atoms with Crippen molar-refractivity contribution in [3.8, 4) is 0 Å². The lowest BCUT2D eigenvalue weighted by Gasteiger charge is -2.36. The van der Waals surface area contributed by atoms with Crippen molar-refractivity contribution >= 4 is 44.5 Å². The molecule has 0 aromatic heterocycles. The first-order valence-corrected chi connectivity index (χ1v) is 11.5. The highest BCUT2D eigenvalue weighted by Gasteiger charge is 2.44. The second-order valence-electron chi connectivity index (χ2n) is 7.29. The zero-order valence-electron chi connectivity index (χ0n) is 16.0. The Bertz CT molecular complexity index is 1000. The highest BCUT2D eigenvalue weighted by Crippen LogP contribution is 2.35. The molecule has 1 amide bonds. The van der Waals surface area contributed by atoms with E-state index in [1.165, 1.54) is 17.3 Å². The van der Waals surface area contributed by atoms with Gasteiger partial charge in [-0.2, -0.15) is 5.10 Å². The molecule has 1 fully saturated rings. The number of fused-ring (bicyclic) bond motifs is 3. The van der Waals surface area contributed by atoms with Crippen molar-refractivity contribution < 1.29 is 4.79 Å². The van der Waals surface area contributed by atoms with Crippen molar-refractivity contribution in [1.82, 2.24) is 20.8 Å². The molecule has 3 aliphatic rings. The van der Waals surface area contributed by atoms with Gasteiger partial charge in [0.05, 0.1) is 23.5 Å². The molecule has 2 aromatic rings. The van der Waals surface area contributed by atoms with Crippen molar-refractivity contribution in [2.45, 2.75) is 24.7 Å². The number of carbonyl (C=O) groups is 1. The Kier molecular flexibility index (Phi) is 5.41. The Balaban J connectivity index is 1.19. The minimum absolute atomic E-state index is 0.0463. The third kappa shape index (κ3) is 3.80. The molecular formula is C21H21BrN6OS. The Morgan fingerprint density at radius 1 is 1.17 bits per heavy atom. The van der Waals surface area contributed by atoms with Gasteiger partial charge in [0.15, 0.2) is 5.17 Å². The lowest BCUT2D eigenvalue weighted by Crippen LogP contribution is -2.54. The second-order valence-corrected chi connectivity index (χ2v) is 9.09. The Morgan fingerprint density at radius 2 is 1.97 bits per heavy atom. The van der Waals surface area contributed by atoms with Crippen LogP contribution in [0, 0.1) is 0 Å². The first-order chi connectivity index (χ1) is 14.7. The standard InChI is InChI=1S/C21H21BrN6OS/c22-15-8-4-5-9-16(15)23-19(29)13-30-21-25-24-20-18-12-17(14-6-2-1-3-7-14)26-28(18)11-10-27(20)21/h1-11,17-18,20,24,26H,12-13H2,(H,23,29). The van der Waals surface area contributed by atoms with Gasteiger partial charge in [-0.1, -0.05) is 54.2 Å². The van der Waals surface area contributed by atoms with E-state index >= 15 is 0 Å². The first kappa shape index (κ1) is 19.5. The van der Waals surface area contributed by atoms with Crippen molar-refractivity contribution in [3.05, 3.63) is 77.0 Å². The third-order valence-corrected chi connectivity index (χ3v) is 7.05. The molecule has 1 saturated heterocycles. The molecule has 30 heavy (non-hydrogen) atoms. The van der Waals surface area contributed by atoms with Gasteiger partial charge in [-0.3, -0.25) is 10.2 Å². The number of thioether (sulfide) groups is 1. The number of benzene rings is 2. The topological polar surface area (TPSA) is 72.0 Å². The van der Waals surface area contributed by atoms with Gasteiger partial charge < -0.3 is 15.2 Å². The number of para-hydroxylation sites is 1. The third-order valence-electron chi connectivity index (χ3n) is 5.39.